The quantitative estimate of drug-likeness (QED) is 0.837. The van der Waals surface area contributed by atoms with E-state index in [0.717, 1.165) is 35.0 Å². The highest BCUT2D eigenvalue weighted by Crippen LogP contribution is 2.38. The van der Waals surface area contributed by atoms with Crippen molar-refractivity contribution in [3.8, 4) is 11.5 Å². The molecule has 0 radical (unpaired) electrons. The van der Waals surface area contributed by atoms with E-state index in [1.165, 1.54) is 12.8 Å². The number of benzene rings is 2. The molecule has 3 nitrogen and oxygen atoms in total. The minimum absolute atomic E-state index is 0.0810. The normalized spacial score (nSPS) is 15.4. The van der Waals surface area contributed by atoms with Gasteiger partial charge in [-0.3, -0.25) is 0 Å². The number of methoxy groups -OCH3 is 1. The van der Waals surface area contributed by atoms with E-state index in [4.69, 9.17) is 15.2 Å². The summed E-state index contributed by atoms with van der Waals surface area (Å²) < 4.78 is 11.3. The molecule has 0 unspecified atom stereocenters. The molecular formula is C19H23NO2. The monoisotopic (exact) mass is 297 g/mol. The predicted molar refractivity (Wildman–Crippen MR) is 88.0 cm³/mol. The van der Waals surface area contributed by atoms with Gasteiger partial charge in [-0.1, -0.05) is 49.2 Å². The van der Waals surface area contributed by atoms with E-state index in [1.54, 1.807) is 7.11 Å². The largest absolute Gasteiger partial charge is 0.493 e. The summed E-state index contributed by atoms with van der Waals surface area (Å²) in [5, 5.41) is 0. The minimum atomic E-state index is 0.0810. The van der Waals surface area contributed by atoms with E-state index in [0.29, 0.717) is 6.61 Å². The van der Waals surface area contributed by atoms with Crippen molar-refractivity contribution in [2.24, 2.45) is 11.7 Å². The van der Waals surface area contributed by atoms with Crippen LogP contribution in [0.3, 0.4) is 0 Å². The van der Waals surface area contributed by atoms with Gasteiger partial charge in [0.15, 0.2) is 11.5 Å². The van der Waals surface area contributed by atoms with Crippen LogP contribution in [0.1, 0.15) is 36.4 Å². The van der Waals surface area contributed by atoms with Crippen molar-refractivity contribution in [3.05, 3.63) is 59.7 Å². The van der Waals surface area contributed by atoms with Gasteiger partial charge in [0, 0.05) is 6.04 Å². The van der Waals surface area contributed by atoms with Crippen molar-refractivity contribution in [3.63, 3.8) is 0 Å². The summed E-state index contributed by atoms with van der Waals surface area (Å²) in [7, 11) is 1.66. The zero-order chi connectivity index (χ0) is 15.4. The number of rotatable bonds is 7. The molecule has 2 aromatic carbocycles. The molecule has 0 aromatic heterocycles. The van der Waals surface area contributed by atoms with Gasteiger partial charge in [-0.15, -0.1) is 0 Å². The molecule has 116 valence electrons. The molecule has 0 amide bonds. The van der Waals surface area contributed by atoms with E-state index in [1.807, 2.05) is 36.4 Å². The highest BCUT2D eigenvalue weighted by Gasteiger charge is 2.24. The Hall–Kier alpha value is -2.00. The van der Waals surface area contributed by atoms with Gasteiger partial charge in [0.2, 0.25) is 0 Å². The summed E-state index contributed by atoms with van der Waals surface area (Å²) in [4.78, 5) is 0. The maximum atomic E-state index is 6.31. The first-order chi connectivity index (χ1) is 10.8. The molecule has 2 aromatic rings. The Balaban J connectivity index is 1.72. The molecule has 0 spiro atoms. The first-order valence-electron chi connectivity index (χ1n) is 7.86. The van der Waals surface area contributed by atoms with Crippen LogP contribution >= 0.6 is 0 Å². The average molecular weight is 297 g/mol. The summed E-state index contributed by atoms with van der Waals surface area (Å²) >= 11 is 0. The molecule has 0 saturated heterocycles. The SMILES string of the molecule is COc1ccc([C@H](N)CC2CC2)cc1OCc1ccccc1. The Labute approximate surface area is 132 Å². The highest BCUT2D eigenvalue weighted by molar-refractivity contribution is 5.44. The number of hydrogen-bond donors (Lipinski definition) is 1. The lowest BCUT2D eigenvalue weighted by atomic mass is 10.0. The van der Waals surface area contributed by atoms with Gasteiger partial charge < -0.3 is 15.2 Å². The lowest BCUT2D eigenvalue weighted by molar-refractivity contribution is 0.284. The topological polar surface area (TPSA) is 44.5 Å². The second-order valence-electron chi connectivity index (χ2n) is 5.97. The molecular weight excluding hydrogens is 274 g/mol. The van der Waals surface area contributed by atoms with Crippen LogP contribution < -0.4 is 15.2 Å². The summed E-state index contributed by atoms with van der Waals surface area (Å²) in [6, 6.07) is 16.2. The van der Waals surface area contributed by atoms with Crippen LogP contribution in [-0.4, -0.2) is 7.11 Å². The van der Waals surface area contributed by atoms with Crippen molar-refractivity contribution >= 4 is 0 Å². The molecule has 1 saturated carbocycles. The summed E-state index contributed by atoms with van der Waals surface area (Å²) in [6.07, 6.45) is 3.70. The Bertz CT molecular complexity index is 608. The van der Waals surface area contributed by atoms with E-state index in [-0.39, 0.29) is 6.04 Å². The van der Waals surface area contributed by atoms with Gasteiger partial charge in [0.1, 0.15) is 6.61 Å². The third-order valence-electron chi connectivity index (χ3n) is 4.14. The zero-order valence-corrected chi connectivity index (χ0v) is 13.0. The molecule has 22 heavy (non-hydrogen) atoms. The molecule has 1 aliphatic carbocycles. The molecule has 1 atom stereocenters. The fraction of sp³-hybridized carbons (Fsp3) is 0.368. The molecule has 2 N–H and O–H groups in total. The lowest BCUT2D eigenvalue weighted by Crippen LogP contribution is -2.11. The van der Waals surface area contributed by atoms with Gasteiger partial charge in [-0.25, -0.2) is 0 Å². The Morgan fingerprint density at radius 1 is 1.09 bits per heavy atom. The van der Waals surface area contributed by atoms with Crippen LogP contribution in [0.15, 0.2) is 48.5 Å². The van der Waals surface area contributed by atoms with E-state index in [9.17, 15) is 0 Å². The van der Waals surface area contributed by atoms with Crippen molar-refractivity contribution in [2.75, 3.05) is 7.11 Å². The van der Waals surface area contributed by atoms with Gasteiger partial charge in [0.25, 0.3) is 0 Å². The maximum absolute atomic E-state index is 6.31. The van der Waals surface area contributed by atoms with Crippen molar-refractivity contribution in [2.45, 2.75) is 31.9 Å². The van der Waals surface area contributed by atoms with E-state index >= 15 is 0 Å². The van der Waals surface area contributed by atoms with Crippen LogP contribution in [0.2, 0.25) is 0 Å². The molecule has 1 fully saturated rings. The molecule has 3 heteroatoms. The molecule has 3 rings (SSSR count). The summed E-state index contributed by atoms with van der Waals surface area (Å²) in [5.74, 6) is 2.32. The van der Waals surface area contributed by atoms with E-state index in [2.05, 4.69) is 12.1 Å². The van der Waals surface area contributed by atoms with Crippen molar-refractivity contribution < 1.29 is 9.47 Å². The maximum Gasteiger partial charge on any atom is 0.161 e. The first kappa shape index (κ1) is 14.9. The summed E-state index contributed by atoms with van der Waals surface area (Å²) in [6.45, 7) is 0.526. The standard InChI is InChI=1S/C19H23NO2/c1-21-18-10-9-16(17(20)11-14-7-8-14)12-19(18)22-13-15-5-3-2-4-6-15/h2-6,9-10,12,14,17H,7-8,11,13,20H2,1H3/t17-/m1/s1. The molecule has 1 aliphatic rings. The van der Waals surface area contributed by atoms with Crippen LogP contribution in [0.4, 0.5) is 0 Å². The van der Waals surface area contributed by atoms with Crippen LogP contribution in [0, 0.1) is 5.92 Å². The average Bonchev–Trinajstić information content (AvgIpc) is 3.37. The zero-order valence-electron chi connectivity index (χ0n) is 13.0. The van der Waals surface area contributed by atoms with Gasteiger partial charge in [-0.05, 0) is 35.6 Å². The van der Waals surface area contributed by atoms with E-state index < -0.39 is 0 Å². The smallest absolute Gasteiger partial charge is 0.161 e. The predicted octanol–water partition coefficient (Wildman–Crippen LogP) is 4.07. The Morgan fingerprint density at radius 2 is 1.86 bits per heavy atom. The first-order valence-corrected chi connectivity index (χ1v) is 7.86. The van der Waals surface area contributed by atoms with Gasteiger partial charge in [-0.2, -0.15) is 0 Å². The second-order valence-corrected chi connectivity index (χ2v) is 5.97. The fourth-order valence-electron chi connectivity index (χ4n) is 2.62. The van der Waals surface area contributed by atoms with Crippen molar-refractivity contribution in [1.29, 1.82) is 0 Å². The van der Waals surface area contributed by atoms with Gasteiger partial charge in [0.05, 0.1) is 7.11 Å². The Kier molecular flexibility index (Phi) is 4.64. The van der Waals surface area contributed by atoms with Crippen LogP contribution in [-0.2, 0) is 6.61 Å². The second kappa shape index (κ2) is 6.84. The highest BCUT2D eigenvalue weighted by atomic mass is 16.5. The molecule has 0 aliphatic heterocycles. The molecule has 0 bridgehead atoms. The lowest BCUT2D eigenvalue weighted by Gasteiger charge is -2.16. The van der Waals surface area contributed by atoms with Crippen molar-refractivity contribution in [1.82, 2.24) is 0 Å². The third kappa shape index (κ3) is 3.80. The number of hydrogen-bond acceptors (Lipinski definition) is 3. The minimum Gasteiger partial charge on any atom is -0.493 e. The van der Waals surface area contributed by atoms with Gasteiger partial charge >= 0.3 is 0 Å². The van der Waals surface area contributed by atoms with Crippen LogP contribution in [0.5, 0.6) is 11.5 Å². The number of nitrogens with two attached hydrogens (primary N) is 1. The third-order valence-corrected chi connectivity index (χ3v) is 4.14. The van der Waals surface area contributed by atoms with Crippen LogP contribution in [0.25, 0.3) is 0 Å². The fourth-order valence-corrected chi connectivity index (χ4v) is 2.62. The number of ether oxygens (including phenoxy) is 2. The molecule has 0 heterocycles. The summed E-state index contributed by atoms with van der Waals surface area (Å²) in [5.41, 5.74) is 8.56. The Morgan fingerprint density at radius 3 is 2.55 bits per heavy atom.